The number of halogens is 1. The number of ether oxygens (including phenoxy) is 1. The molecule has 1 amide bonds. The van der Waals surface area contributed by atoms with Crippen molar-refractivity contribution in [3.63, 3.8) is 0 Å². The maximum absolute atomic E-state index is 11.8. The van der Waals surface area contributed by atoms with E-state index in [0.29, 0.717) is 31.7 Å². The summed E-state index contributed by atoms with van der Waals surface area (Å²) in [6.07, 6.45) is 1.02. The Morgan fingerprint density at radius 3 is 2.71 bits per heavy atom. The van der Waals surface area contributed by atoms with E-state index in [1.807, 2.05) is 0 Å². The number of rotatable bonds is 5. The minimum Gasteiger partial charge on any atom is -0.381 e. The summed E-state index contributed by atoms with van der Waals surface area (Å²) in [7, 11) is 0. The predicted molar refractivity (Wildman–Crippen MR) is 81.0 cm³/mol. The normalized spacial score (nSPS) is 17.2. The average Bonchev–Trinajstić information content (AvgIpc) is 2.45. The van der Waals surface area contributed by atoms with Crippen molar-refractivity contribution in [2.75, 3.05) is 25.1 Å². The number of nitrogens with zero attached hydrogens (tertiary/aromatic N) is 1. The van der Waals surface area contributed by atoms with Gasteiger partial charge in [-0.2, -0.15) is 0 Å². The van der Waals surface area contributed by atoms with Gasteiger partial charge in [0.25, 0.3) is 5.69 Å². The highest BCUT2D eigenvalue weighted by Crippen LogP contribution is 2.33. The fraction of sp³-hybridized carbons (Fsp3) is 0.462. The molecule has 21 heavy (non-hydrogen) atoms. The lowest BCUT2D eigenvalue weighted by Gasteiger charge is -2.34. The van der Waals surface area contributed by atoms with Gasteiger partial charge in [-0.15, -0.1) is 0 Å². The van der Waals surface area contributed by atoms with Crippen molar-refractivity contribution in [3.05, 3.63) is 32.8 Å². The molecule has 0 aromatic heterocycles. The number of amides is 1. The Morgan fingerprint density at radius 2 is 2.14 bits per heavy atom. The molecule has 7 nitrogen and oxygen atoms in total. The molecule has 1 aromatic carbocycles. The van der Waals surface area contributed by atoms with Gasteiger partial charge >= 0.3 is 0 Å². The molecule has 0 saturated carbocycles. The minimum atomic E-state index is -0.728. The van der Waals surface area contributed by atoms with Gasteiger partial charge in [-0.1, -0.05) is 15.9 Å². The van der Waals surface area contributed by atoms with Crippen LogP contribution in [0, 0.1) is 15.5 Å². The number of carbonyl (C=O) groups excluding carboxylic acids is 1. The monoisotopic (exact) mass is 357 g/mol. The second-order valence-electron chi connectivity index (χ2n) is 5.03. The van der Waals surface area contributed by atoms with Crippen LogP contribution in [0.2, 0.25) is 0 Å². The van der Waals surface area contributed by atoms with Crippen molar-refractivity contribution in [1.82, 2.24) is 0 Å². The Bertz CT molecular complexity index is 558. The molecule has 1 fully saturated rings. The lowest BCUT2D eigenvalue weighted by Crippen LogP contribution is -2.46. The highest BCUT2D eigenvalue weighted by Gasteiger charge is 2.38. The molecule has 0 radical (unpaired) electrons. The zero-order chi connectivity index (χ0) is 15.5. The first kappa shape index (κ1) is 15.7. The summed E-state index contributed by atoms with van der Waals surface area (Å²) >= 11 is 3.28. The standard InChI is InChI=1S/C13H16BrN3O4/c14-9-1-2-11(17(19)20)10(7-9)16-8-13(12(15)18)3-5-21-6-4-13/h1-2,7,16H,3-6,8H2,(H2,15,18). The van der Waals surface area contributed by atoms with E-state index in [2.05, 4.69) is 21.2 Å². The first-order chi connectivity index (χ1) is 9.94. The summed E-state index contributed by atoms with van der Waals surface area (Å²) in [5.74, 6) is -0.407. The Balaban J connectivity index is 2.19. The third-order valence-corrected chi connectivity index (χ3v) is 4.24. The highest BCUT2D eigenvalue weighted by atomic mass is 79.9. The number of nitro groups is 1. The van der Waals surface area contributed by atoms with Gasteiger partial charge in [-0.25, -0.2) is 0 Å². The Hall–Kier alpha value is -1.67. The lowest BCUT2D eigenvalue weighted by molar-refractivity contribution is -0.384. The van der Waals surface area contributed by atoms with E-state index in [0.717, 1.165) is 4.47 Å². The van der Waals surface area contributed by atoms with Crippen molar-refractivity contribution >= 4 is 33.2 Å². The van der Waals surface area contributed by atoms with Gasteiger partial charge in [0.1, 0.15) is 5.69 Å². The zero-order valence-electron chi connectivity index (χ0n) is 11.3. The number of hydrogen-bond donors (Lipinski definition) is 2. The fourth-order valence-electron chi connectivity index (χ4n) is 2.35. The van der Waals surface area contributed by atoms with Crippen LogP contribution in [0.3, 0.4) is 0 Å². The number of hydrogen-bond acceptors (Lipinski definition) is 5. The fourth-order valence-corrected chi connectivity index (χ4v) is 2.71. The molecule has 8 heteroatoms. The number of nitrogens with one attached hydrogen (secondary N) is 1. The lowest BCUT2D eigenvalue weighted by atomic mass is 9.79. The summed E-state index contributed by atoms with van der Waals surface area (Å²) in [5.41, 5.74) is 5.11. The largest absolute Gasteiger partial charge is 0.381 e. The summed E-state index contributed by atoms with van der Waals surface area (Å²) in [6.45, 7) is 1.18. The van der Waals surface area contributed by atoms with Crippen LogP contribution in [0.25, 0.3) is 0 Å². The summed E-state index contributed by atoms with van der Waals surface area (Å²) in [4.78, 5) is 22.3. The quantitative estimate of drug-likeness (QED) is 0.619. The Kier molecular flexibility index (Phi) is 4.79. The van der Waals surface area contributed by atoms with Crippen LogP contribution in [0.4, 0.5) is 11.4 Å². The molecule has 1 heterocycles. The number of benzene rings is 1. The maximum Gasteiger partial charge on any atom is 0.292 e. The topological polar surface area (TPSA) is 107 Å². The number of nitrogens with two attached hydrogens (primary N) is 1. The van der Waals surface area contributed by atoms with Gasteiger partial charge in [0.2, 0.25) is 5.91 Å². The van der Waals surface area contributed by atoms with E-state index >= 15 is 0 Å². The number of primary amides is 1. The van der Waals surface area contributed by atoms with E-state index in [-0.39, 0.29) is 12.2 Å². The van der Waals surface area contributed by atoms with Gasteiger partial charge in [0, 0.05) is 30.3 Å². The van der Waals surface area contributed by atoms with Gasteiger partial charge in [-0.05, 0) is 25.0 Å². The highest BCUT2D eigenvalue weighted by molar-refractivity contribution is 9.10. The second-order valence-corrected chi connectivity index (χ2v) is 5.94. The van der Waals surface area contributed by atoms with Gasteiger partial charge in [0.05, 0.1) is 10.3 Å². The molecule has 0 atom stereocenters. The summed E-state index contributed by atoms with van der Waals surface area (Å²) in [5, 5.41) is 14.0. The molecular weight excluding hydrogens is 342 g/mol. The smallest absolute Gasteiger partial charge is 0.292 e. The van der Waals surface area contributed by atoms with Crippen LogP contribution in [0.15, 0.2) is 22.7 Å². The molecule has 3 N–H and O–H groups in total. The number of nitro benzene ring substituents is 1. The number of anilines is 1. The van der Waals surface area contributed by atoms with Crippen LogP contribution in [0.5, 0.6) is 0 Å². The third kappa shape index (κ3) is 3.51. The Morgan fingerprint density at radius 1 is 1.48 bits per heavy atom. The molecule has 1 aliphatic rings. The van der Waals surface area contributed by atoms with Gasteiger partial charge < -0.3 is 15.8 Å². The van der Waals surface area contributed by atoms with Crippen LogP contribution < -0.4 is 11.1 Å². The Labute approximate surface area is 130 Å². The van der Waals surface area contributed by atoms with E-state index in [4.69, 9.17) is 10.5 Å². The summed E-state index contributed by atoms with van der Waals surface area (Å²) in [6, 6.07) is 4.63. The number of carbonyl (C=O) groups is 1. The summed E-state index contributed by atoms with van der Waals surface area (Å²) < 4.78 is 5.97. The van der Waals surface area contributed by atoms with Crippen molar-refractivity contribution in [2.24, 2.45) is 11.1 Å². The van der Waals surface area contributed by atoms with Crippen LogP contribution in [-0.4, -0.2) is 30.6 Å². The molecule has 0 aliphatic carbocycles. The van der Waals surface area contributed by atoms with E-state index < -0.39 is 16.2 Å². The molecule has 1 aliphatic heterocycles. The van der Waals surface area contributed by atoms with E-state index in [9.17, 15) is 14.9 Å². The molecule has 0 spiro atoms. The predicted octanol–water partition coefficient (Wildman–Crippen LogP) is 2.05. The first-order valence-electron chi connectivity index (χ1n) is 6.50. The third-order valence-electron chi connectivity index (χ3n) is 3.75. The van der Waals surface area contributed by atoms with Crippen molar-refractivity contribution in [2.45, 2.75) is 12.8 Å². The van der Waals surface area contributed by atoms with Gasteiger partial charge in [0.15, 0.2) is 0 Å². The minimum absolute atomic E-state index is 0.0371. The van der Waals surface area contributed by atoms with E-state index in [1.165, 1.54) is 6.07 Å². The average molecular weight is 358 g/mol. The molecule has 2 rings (SSSR count). The maximum atomic E-state index is 11.8. The van der Waals surface area contributed by atoms with Gasteiger partial charge in [-0.3, -0.25) is 14.9 Å². The first-order valence-corrected chi connectivity index (χ1v) is 7.29. The van der Waals surface area contributed by atoms with Crippen molar-refractivity contribution in [3.8, 4) is 0 Å². The molecule has 1 aromatic rings. The van der Waals surface area contributed by atoms with E-state index in [1.54, 1.807) is 12.1 Å². The van der Waals surface area contributed by atoms with Crippen molar-refractivity contribution < 1.29 is 14.5 Å². The molecular formula is C13H16BrN3O4. The van der Waals surface area contributed by atoms with Crippen LogP contribution in [0.1, 0.15) is 12.8 Å². The van der Waals surface area contributed by atoms with Crippen LogP contribution >= 0.6 is 15.9 Å². The molecule has 114 valence electrons. The molecule has 0 unspecified atom stereocenters. The molecule has 0 bridgehead atoms. The second kappa shape index (κ2) is 6.40. The zero-order valence-corrected chi connectivity index (χ0v) is 12.9. The van der Waals surface area contributed by atoms with Crippen molar-refractivity contribution in [1.29, 1.82) is 0 Å². The van der Waals surface area contributed by atoms with Crippen LogP contribution in [-0.2, 0) is 9.53 Å². The molecule has 1 saturated heterocycles. The SMILES string of the molecule is NC(=O)C1(CNc2cc(Br)ccc2[N+](=O)[O-])CCOCC1.